The lowest BCUT2D eigenvalue weighted by molar-refractivity contribution is 0.315. The van der Waals surface area contributed by atoms with Gasteiger partial charge < -0.3 is 29.9 Å². The summed E-state index contributed by atoms with van der Waals surface area (Å²) in [5.74, 6) is 3.39. The smallest absolute Gasteiger partial charge is 0.186 e. The molecule has 11 heteroatoms. The monoisotopic (exact) mass is 617 g/mol. The molecule has 5 heterocycles. The van der Waals surface area contributed by atoms with Crippen molar-refractivity contribution < 1.29 is 4.52 Å². The van der Waals surface area contributed by atoms with Gasteiger partial charge in [0, 0.05) is 60.7 Å². The predicted octanol–water partition coefficient (Wildman–Crippen LogP) is 5.13. The first-order valence-electron chi connectivity index (χ1n) is 16.3. The minimum absolute atomic E-state index is 0.0293. The maximum atomic E-state index is 10.0. The Morgan fingerprint density at radius 3 is 2.70 bits per heavy atom. The lowest BCUT2D eigenvalue weighted by atomic mass is 9.81. The van der Waals surface area contributed by atoms with Crippen molar-refractivity contribution in [1.82, 2.24) is 24.9 Å². The Labute approximate surface area is 265 Å². The number of thiophene rings is 1. The van der Waals surface area contributed by atoms with Gasteiger partial charge in [0.05, 0.1) is 5.56 Å². The van der Waals surface area contributed by atoms with Gasteiger partial charge in [-0.1, -0.05) is 18.5 Å². The summed E-state index contributed by atoms with van der Waals surface area (Å²) in [4.78, 5) is 21.2. The third-order valence-corrected chi connectivity index (χ3v) is 10.9. The van der Waals surface area contributed by atoms with Gasteiger partial charge in [0.2, 0.25) is 0 Å². The van der Waals surface area contributed by atoms with Crippen LogP contribution in [0.5, 0.6) is 0 Å². The normalized spacial score (nSPS) is 22.8. The Morgan fingerprint density at radius 2 is 1.95 bits per heavy atom. The van der Waals surface area contributed by atoms with E-state index in [9.17, 15) is 5.26 Å². The van der Waals surface area contributed by atoms with Crippen LogP contribution in [-0.4, -0.2) is 90.9 Å². The molecule has 6 rings (SSSR count). The second kappa shape index (κ2) is 13.0. The second-order valence-electron chi connectivity index (χ2n) is 13.1. The quantitative estimate of drug-likeness (QED) is 0.365. The number of nitrogen functional groups attached to an aromatic ring is 1. The van der Waals surface area contributed by atoms with Crippen molar-refractivity contribution >= 4 is 28.0 Å². The topological polar surface area (TPSA) is 115 Å². The fourth-order valence-electron chi connectivity index (χ4n) is 7.34. The molecule has 0 amide bonds. The number of anilines is 3. The highest BCUT2D eigenvalue weighted by molar-refractivity contribution is 7.16. The van der Waals surface area contributed by atoms with Crippen molar-refractivity contribution in [2.24, 2.45) is 0 Å². The van der Waals surface area contributed by atoms with Crippen molar-refractivity contribution in [3.8, 4) is 17.6 Å². The van der Waals surface area contributed by atoms with Crippen LogP contribution in [0.15, 0.2) is 10.6 Å². The first kappa shape index (κ1) is 30.8. The number of aryl methyl sites for hydroxylation is 1. The summed E-state index contributed by atoms with van der Waals surface area (Å²) in [6.07, 6.45) is 7.99. The van der Waals surface area contributed by atoms with E-state index in [0.717, 1.165) is 118 Å². The number of unbranched alkanes of at least 4 members (excludes halogenated alkanes) is 1. The van der Waals surface area contributed by atoms with Gasteiger partial charge in [-0.05, 0) is 85.1 Å². The van der Waals surface area contributed by atoms with Gasteiger partial charge in [0.25, 0.3) is 0 Å². The predicted molar refractivity (Wildman–Crippen MR) is 178 cm³/mol. The van der Waals surface area contributed by atoms with Crippen LogP contribution in [0.4, 0.5) is 16.6 Å². The van der Waals surface area contributed by atoms with Gasteiger partial charge >= 0.3 is 0 Å². The number of fused-ring (bicyclic) bond motifs is 1. The number of nitriles is 1. The van der Waals surface area contributed by atoms with E-state index < -0.39 is 0 Å². The molecular weight excluding hydrogens is 570 g/mol. The summed E-state index contributed by atoms with van der Waals surface area (Å²) in [7, 11) is 6.52. The van der Waals surface area contributed by atoms with Crippen molar-refractivity contribution in [1.29, 1.82) is 5.26 Å². The summed E-state index contributed by atoms with van der Waals surface area (Å²) in [5.41, 5.74) is 9.81. The molecule has 2 N–H and O–H groups in total. The summed E-state index contributed by atoms with van der Waals surface area (Å²) in [5, 5.41) is 15.4. The van der Waals surface area contributed by atoms with Crippen molar-refractivity contribution in [2.45, 2.75) is 83.2 Å². The molecule has 3 aliphatic rings. The first-order chi connectivity index (χ1) is 21.3. The third-order valence-electron chi connectivity index (χ3n) is 9.79. The molecule has 0 aromatic carbocycles. The maximum absolute atomic E-state index is 10.0. The molecule has 0 unspecified atom stereocenters. The number of likely N-dealkylation sites (N-methyl/N-ethyl adjacent to an activating group) is 2. The summed E-state index contributed by atoms with van der Waals surface area (Å²) < 4.78 is 6.29. The van der Waals surface area contributed by atoms with Crippen molar-refractivity contribution in [3.05, 3.63) is 33.4 Å². The molecular formula is C33H47N9OS. The number of hydrogen-bond donors (Lipinski definition) is 1. The van der Waals surface area contributed by atoms with Gasteiger partial charge in [0.1, 0.15) is 28.5 Å². The van der Waals surface area contributed by atoms with E-state index in [4.69, 9.17) is 25.4 Å². The Kier molecular flexibility index (Phi) is 9.13. The molecule has 10 nitrogen and oxygen atoms in total. The van der Waals surface area contributed by atoms with Gasteiger partial charge in [0.15, 0.2) is 11.5 Å². The van der Waals surface area contributed by atoms with E-state index in [-0.39, 0.29) is 5.92 Å². The molecule has 2 aliphatic heterocycles. The average molecular weight is 618 g/mol. The van der Waals surface area contributed by atoms with Crippen LogP contribution >= 0.6 is 11.3 Å². The Morgan fingerprint density at radius 1 is 1.14 bits per heavy atom. The maximum Gasteiger partial charge on any atom is 0.186 e. The lowest BCUT2D eigenvalue weighted by Crippen LogP contribution is -2.38. The average Bonchev–Trinajstić information content (AvgIpc) is 3.71. The number of nitrogens with two attached hydrogens (primary N) is 1. The highest BCUT2D eigenvalue weighted by atomic mass is 32.1. The number of nitrogens with zero attached hydrogens (tertiary/aromatic N) is 8. The lowest BCUT2D eigenvalue weighted by Gasteiger charge is -2.30. The zero-order chi connectivity index (χ0) is 31.0. The van der Waals surface area contributed by atoms with E-state index in [1.165, 1.54) is 4.88 Å². The van der Waals surface area contributed by atoms with Crippen LogP contribution in [0.1, 0.15) is 85.6 Å². The van der Waals surface area contributed by atoms with Crippen LogP contribution in [0, 0.1) is 11.3 Å². The highest BCUT2D eigenvalue weighted by Gasteiger charge is 2.35. The molecule has 0 bridgehead atoms. The third kappa shape index (κ3) is 5.92. The number of aromatic nitrogens is 3. The molecule has 2 saturated heterocycles. The van der Waals surface area contributed by atoms with E-state index in [1.807, 2.05) is 0 Å². The molecule has 0 radical (unpaired) electrons. The molecule has 0 spiro atoms. The van der Waals surface area contributed by atoms with Crippen LogP contribution in [-0.2, 0) is 12.8 Å². The summed E-state index contributed by atoms with van der Waals surface area (Å²) in [6.45, 7) is 9.43. The van der Waals surface area contributed by atoms with E-state index >= 15 is 0 Å². The Hall–Kier alpha value is -3.20. The molecule has 0 saturated carbocycles. The Balaban J connectivity index is 1.46. The Bertz CT molecular complexity index is 1510. The minimum atomic E-state index is -0.0293. The standard InChI is InChI=1S/C33H47N9OS/c1-6-7-10-24-30(38-43-31(24)23-11-8-12-26-29(23)25(18-34)32(35)44-26)33-36-27(41-16-13-22(20-41)39(3)4)17-28(37-33)42-15-9-14-40(5)19-21(42)2/h17,21-23H,6-16,19-20,35H2,1-5H3/t21-,22-,23-/m0/s1. The first-order valence-corrected chi connectivity index (χ1v) is 17.2. The van der Waals surface area contributed by atoms with Gasteiger partial charge in [-0.3, -0.25) is 0 Å². The molecule has 236 valence electrons. The molecule has 3 atom stereocenters. The fraction of sp³-hybridized carbons (Fsp3) is 0.636. The molecule has 2 fully saturated rings. The minimum Gasteiger partial charge on any atom is -0.389 e. The van der Waals surface area contributed by atoms with Gasteiger partial charge in [-0.15, -0.1) is 11.3 Å². The second-order valence-corrected chi connectivity index (χ2v) is 14.3. The van der Waals surface area contributed by atoms with E-state index in [0.29, 0.717) is 28.5 Å². The molecule has 3 aromatic heterocycles. The van der Waals surface area contributed by atoms with Crippen LogP contribution in [0.3, 0.4) is 0 Å². The zero-order valence-electron chi connectivity index (χ0n) is 27.0. The van der Waals surface area contributed by atoms with Crippen molar-refractivity contribution in [2.75, 3.05) is 69.4 Å². The van der Waals surface area contributed by atoms with Crippen molar-refractivity contribution in [3.63, 3.8) is 0 Å². The van der Waals surface area contributed by atoms with Crippen LogP contribution in [0.2, 0.25) is 0 Å². The van der Waals surface area contributed by atoms with E-state index in [1.54, 1.807) is 11.3 Å². The van der Waals surface area contributed by atoms with Gasteiger partial charge in [-0.25, -0.2) is 9.97 Å². The highest BCUT2D eigenvalue weighted by Crippen LogP contribution is 2.47. The zero-order valence-corrected chi connectivity index (χ0v) is 27.8. The van der Waals surface area contributed by atoms with E-state index in [2.05, 4.69) is 66.7 Å². The van der Waals surface area contributed by atoms with Crippen LogP contribution < -0.4 is 15.5 Å². The summed E-state index contributed by atoms with van der Waals surface area (Å²) in [6, 6.07) is 5.40. The van der Waals surface area contributed by atoms with Gasteiger partial charge in [-0.2, -0.15) is 5.26 Å². The largest absolute Gasteiger partial charge is 0.389 e. The summed E-state index contributed by atoms with van der Waals surface area (Å²) >= 11 is 1.56. The molecule has 44 heavy (non-hydrogen) atoms. The SMILES string of the molecule is CCCCc1c(-c2nc(N3CC[C@H](N(C)C)C3)cc(N3CCCN(C)C[C@@H]3C)n2)noc1[C@H]1CCCc2sc(N)c(C#N)c21. The number of hydrogen-bond acceptors (Lipinski definition) is 11. The fourth-order valence-corrected chi connectivity index (χ4v) is 8.47. The van der Waals surface area contributed by atoms with Crippen LogP contribution in [0.25, 0.3) is 11.5 Å². The molecule has 3 aromatic rings. The number of rotatable bonds is 8. The molecule has 1 aliphatic carbocycles.